The highest BCUT2D eigenvalue weighted by Crippen LogP contribution is 2.29. The summed E-state index contributed by atoms with van der Waals surface area (Å²) in [5.74, 6) is -0.423. The molecule has 3 rings (SSSR count). The lowest BCUT2D eigenvalue weighted by Gasteiger charge is -2.28. The van der Waals surface area contributed by atoms with E-state index in [1.807, 2.05) is 0 Å². The van der Waals surface area contributed by atoms with Gasteiger partial charge in [0, 0.05) is 12.5 Å². The molecule has 2 aromatic rings. The van der Waals surface area contributed by atoms with Crippen molar-refractivity contribution in [3.8, 4) is 0 Å². The van der Waals surface area contributed by atoms with Crippen molar-refractivity contribution in [3.05, 3.63) is 54.2 Å². The molecule has 2 amide bonds. The summed E-state index contributed by atoms with van der Waals surface area (Å²) in [7, 11) is -3.70. The minimum absolute atomic E-state index is 0.0197. The molecule has 0 unspecified atom stereocenters. The second kappa shape index (κ2) is 10.7. The van der Waals surface area contributed by atoms with Crippen LogP contribution in [0, 0.1) is 17.7 Å². The molecule has 8 nitrogen and oxygen atoms in total. The van der Waals surface area contributed by atoms with Crippen LogP contribution in [0.15, 0.2) is 52.0 Å². The second-order valence-electron chi connectivity index (χ2n) is 8.05. The zero-order chi connectivity index (χ0) is 23.1. The summed E-state index contributed by atoms with van der Waals surface area (Å²) in [5, 5.41) is 5.47. The molecular formula is C22H28FN3O5S. The van der Waals surface area contributed by atoms with Crippen molar-refractivity contribution in [1.29, 1.82) is 0 Å². The van der Waals surface area contributed by atoms with Gasteiger partial charge in [0.1, 0.15) is 17.6 Å². The Balaban J connectivity index is 1.39. The number of carbonyl (C=O) groups excluding carboxylic acids is 2. The van der Waals surface area contributed by atoms with Crippen LogP contribution in [-0.4, -0.2) is 32.8 Å². The Kier molecular flexibility index (Phi) is 8.03. The fourth-order valence-electron chi connectivity index (χ4n) is 3.69. The molecule has 0 saturated heterocycles. The van der Waals surface area contributed by atoms with Crippen LogP contribution in [-0.2, 0) is 26.2 Å². The molecule has 1 fully saturated rings. The molecule has 1 heterocycles. The van der Waals surface area contributed by atoms with Crippen molar-refractivity contribution >= 4 is 21.8 Å². The zero-order valence-electron chi connectivity index (χ0n) is 17.8. The molecule has 32 heavy (non-hydrogen) atoms. The molecule has 10 heteroatoms. The maximum absolute atomic E-state index is 13.0. The third-order valence-corrected chi connectivity index (χ3v) is 7.11. The largest absolute Gasteiger partial charge is 0.467 e. The first-order chi connectivity index (χ1) is 15.2. The van der Waals surface area contributed by atoms with Gasteiger partial charge in [-0.25, -0.2) is 17.5 Å². The number of hydrogen-bond acceptors (Lipinski definition) is 5. The van der Waals surface area contributed by atoms with Gasteiger partial charge in [0.25, 0.3) is 0 Å². The van der Waals surface area contributed by atoms with E-state index >= 15 is 0 Å². The lowest BCUT2D eigenvalue weighted by atomic mass is 9.81. The lowest BCUT2D eigenvalue weighted by Crippen LogP contribution is -2.47. The highest BCUT2D eigenvalue weighted by molar-refractivity contribution is 7.89. The minimum Gasteiger partial charge on any atom is -0.467 e. The second-order valence-corrected chi connectivity index (χ2v) is 9.82. The smallest absolute Gasteiger partial charge is 0.242 e. The summed E-state index contributed by atoms with van der Waals surface area (Å²) in [5.41, 5.74) is 0. The number of nitrogens with one attached hydrogen (secondary N) is 3. The van der Waals surface area contributed by atoms with Gasteiger partial charge in [-0.05, 0) is 74.9 Å². The molecule has 0 radical (unpaired) electrons. The Morgan fingerprint density at radius 3 is 2.44 bits per heavy atom. The number of rotatable bonds is 9. The summed E-state index contributed by atoms with van der Waals surface area (Å²) in [6.07, 6.45) is 4.16. The molecule has 0 spiro atoms. The molecule has 1 saturated carbocycles. The summed E-state index contributed by atoms with van der Waals surface area (Å²) in [6.45, 7) is 2.15. The van der Waals surface area contributed by atoms with E-state index in [-0.39, 0.29) is 41.6 Å². The highest BCUT2D eigenvalue weighted by Gasteiger charge is 2.29. The predicted octanol–water partition coefficient (Wildman–Crippen LogP) is 2.32. The van der Waals surface area contributed by atoms with E-state index in [1.54, 1.807) is 19.1 Å². The van der Waals surface area contributed by atoms with Gasteiger partial charge in [0.05, 0.1) is 17.7 Å². The molecule has 0 aliphatic heterocycles. The van der Waals surface area contributed by atoms with Gasteiger partial charge in [-0.15, -0.1) is 0 Å². The zero-order valence-corrected chi connectivity index (χ0v) is 18.7. The number of hydrogen-bond donors (Lipinski definition) is 3. The van der Waals surface area contributed by atoms with E-state index in [0.29, 0.717) is 31.4 Å². The van der Waals surface area contributed by atoms with E-state index < -0.39 is 21.9 Å². The third kappa shape index (κ3) is 6.64. The molecule has 1 atom stereocenters. The normalized spacial score (nSPS) is 19.8. The van der Waals surface area contributed by atoms with E-state index in [2.05, 4.69) is 15.4 Å². The van der Waals surface area contributed by atoms with Crippen LogP contribution in [0.5, 0.6) is 0 Å². The van der Waals surface area contributed by atoms with Crippen molar-refractivity contribution in [2.75, 3.05) is 6.54 Å². The summed E-state index contributed by atoms with van der Waals surface area (Å²) >= 11 is 0. The van der Waals surface area contributed by atoms with Crippen molar-refractivity contribution < 1.29 is 26.8 Å². The summed E-state index contributed by atoms with van der Waals surface area (Å²) < 4.78 is 45.4. The van der Waals surface area contributed by atoms with Crippen LogP contribution in [0.4, 0.5) is 4.39 Å². The fraction of sp³-hybridized carbons (Fsp3) is 0.455. The van der Waals surface area contributed by atoms with Crippen molar-refractivity contribution in [2.24, 2.45) is 11.8 Å². The van der Waals surface area contributed by atoms with Crippen molar-refractivity contribution in [2.45, 2.75) is 50.1 Å². The standard InChI is InChI=1S/C22H28FN3O5S/c1-15(21(27)24-14-19-3-2-12-31-19)26-22(28)17-6-4-16(5-7-17)13-25-32(29,30)20-10-8-18(23)9-11-20/h2-3,8-12,15-17,25H,4-7,13-14H2,1H3,(H,24,27)(H,26,28)/t15-,16?,17?/m1/s1. The average molecular weight is 466 g/mol. The van der Waals surface area contributed by atoms with Crippen molar-refractivity contribution in [1.82, 2.24) is 15.4 Å². The molecule has 1 aromatic heterocycles. The van der Waals surface area contributed by atoms with Crippen LogP contribution in [0.2, 0.25) is 0 Å². The lowest BCUT2D eigenvalue weighted by molar-refractivity contribution is -0.131. The number of benzene rings is 1. The molecule has 1 aliphatic rings. The van der Waals surface area contributed by atoms with E-state index in [4.69, 9.17) is 4.42 Å². The van der Waals surface area contributed by atoms with Gasteiger partial charge in [-0.1, -0.05) is 0 Å². The number of furan rings is 1. The van der Waals surface area contributed by atoms with Crippen LogP contribution in [0.1, 0.15) is 38.4 Å². The molecule has 0 bridgehead atoms. The van der Waals surface area contributed by atoms with E-state index in [0.717, 1.165) is 12.1 Å². The monoisotopic (exact) mass is 465 g/mol. The Labute approximate surface area is 187 Å². The molecule has 1 aliphatic carbocycles. The topological polar surface area (TPSA) is 118 Å². The first-order valence-electron chi connectivity index (χ1n) is 10.6. The quantitative estimate of drug-likeness (QED) is 0.525. The maximum atomic E-state index is 13.0. The Bertz CT molecular complexity index is 1000. The maximum Gasteiger partial charge on any atom is 0.242 e. The van der Waals surface area contributed by atoms with Crippen LogP contribution in [0.25, 0.3) is 0 Å². The van der Waals surface area contributed by atoms with Gasteiger partial charge in [-0.2, -0.15) is 0 Å². The van der Waals surface area contributed by atoms with Gasteiger partial charge in [-0.3, -0.25) is 9.59 Å². The van der Waals surface area contributed by atoms with Gasteiger partial charge in [0.15, 0.2) is 0 Å². The fourth-order valence-corrected chi connectivity index (χ4v) is 4.81. The third-order valence-electron chi connectivity index (χ3n) is 5.67. The molecule has 3 N–H and O–H groups in total. The Hall–Kier alpha value is -2.72. The first-order valence-corrected chi connectivity index (χ1v) is 12.1. The van der Waals surface area contributed by atoms with E-state index in [9.17, 15) is 22.4 Å². The SMILES string of the molecule is C[C@@H](NC(=O)C1CCC(CNS(=O)(=O)c2ccc(F)cc2)CC1)C(=O)NCc1ccco1. The minimum atomic E-state index is -3.70. The molecule has 1 aromatic carbocycles. The van der Waals surface area contributed by atoms with Gasteiger partial charge in [0.2, 0.25) is 21.8 Å². The predicted molar refractivity (Wildman–Crippen MR) is 115 cm³/mol. The number of sulfonamides is 1. The van der Waals surface area contributed by atoms with Crippen LogP contribution in [0.3, 0.4) is 0 Å². The summed E-state index contributed by atoms with van der Waals surface area (Å²) in [6, 6.07) is 7.49. The van der Waals surface area contributed by atoms with Gasteiger partial charge < -0.3 is 15.1 Å². The van der Waals surface area contributed by atoms with Crippen molar-refractivity contribution in [3.63, 3.8) is 0 Å². The highest BCUT2D eigenvalue weighted by atomic mass is 32.2. The van der Waals surface area contributed by atoms with Gasteiger partial charge >= 0.3 is 0 Å². The molecule has 174 valence electrons. The first kappa shape index (κ1) is 23.9. The van der Waals surface area contributed by atoms with Crippen LogP contribution >= 0.6 is 0 Å². The Morgan fingerprint density at radius 1 is 1.12 bits per heavy atom. The number of halogens is 1. The number of carbonyl (C=O) groups is 2. The summed E-state index contributed by atoms with van der Waals surface area (Å²) in [4.78, 5) is 24.7. The number of amides is 2. The van der Waals surface area contributed by atoms with E-state index in [1.165, 1.54) is 18.4 Å². The average Bonchev–Trinajstić information content (AvgIpc) is 3.30. The van der Waals surface area contributed by atoms with Crippen LogP contribution < -0.4 is 15.4 Å². The molecular weight excluding hydrogens is 437 g/mol. The Morgan fingerprint density at radius 2 is 1.81 bits per heavy atom.